The third-order valence-electron chi connectivity index (χ3n) is 3.59. The summed E-state index contributed by atoms with van der Waals surface area (Å²) >= 11 is 5.98. The van der Waals surface area contributed by atoms with Crippen molar-refractivity contribution in [1.82, 2.24) is 9.55 Å². The van der Waals surface area contributed by atoms with Gasteiger partial charge in [0.25, 0.3) is 5.91 Å². The number of carboxylic acid groups (broad SMARTS) is 1. The average Bonchev–Trinajstić information content (AvgIpc) is 3.07. The number of hydrogen-bond acceptors (Lipinski definition) is 4. The van der Waals surface area contributed by atoms with Crippen LogP contribution >= 0.6 is 11.6 Å². The number of carbonyl (C=O) groups excluding carboxylic acids is 1. The van der Waals surface area contributed by atoms with Gasteiger partial charge in [-0.05, 0) is 35.9 Å². The Labute approximate surface area is 160 Å². The predicted molar refractivity (Wildman–Crippen MR) is 100 cm³/mol. The number of aromatic nitrogens is 2. The van der Waals surface area contributed by atoms with Gasteiger partial charge < -0.3 is 19.7 Å². The lowest BCUT2D eigenvalue weighted by Crippen LogP contribution is -2.13. The highest BCUT2D eigenvalue weighted by Gasteiger charge is 2.10. The molecule has 8 heteroatoms. The number of carbonyl (C=O) groups is 2. The fraction of sp³-hybridized carbons (Fsp3) is 0.105. The van der Waals surface area contributed by atoms with Crippen molar-refractivity contribution in [3.63, 3.8) is 0 Å². The lowest BCUT2D eigenvalue weighted by molar-refractivity contribution is -0.139. The van der Waals surface area contributed by atoms with Crippen LogP contribution in [-0.2, 0) is 11.3 Å². The van der Waals surface area contributed by atoms with Crippen molar-refractivity contribution < 1.29 is 19.4 Å². The third-order valence-corrected chi connectivity index (χ3v) is 3.82. The molecule has 1 aromatic heterocycles. The number of benzene rings is 2. The number of nitrogens with zero attached hydrogens (tertiary/aromatic N) is 2. The van der Waals surface area contributed by atoms with Crippen LogP contribution in [0, 0.1) is 0 Å². The highest BCUT2D eigenvalue weighted by molar-refractivity contribution is 6.30. The van der Waals surface area contributed by atoms with E-state index in [1.807, 2.05) is 22.8 Å². The topological polar surface area (TPSA) is 93.5 Å². The minimum absolute atomic E-state index is 0.302. The molecule has 3 rings (SSSR count). The van der Waals surface area contributed by atoms with Crippen LogP contribution in [-0.4, -0.2) is 33.1 Å². The van der Waals surface area contributed by atoms with E-state index in [0.717, 1.165) is 5.56 Å². The average molecular weight is 386 g/mol. The lowest BCUT2D eigenvalue weighted by atomic mass is 10.2. The van der Waals surface area contributed by atoms with Crippen LogP contribution in [0.2, 0.25) is 5.02 Å². The van der Waals surface area contributed by atoms with Crippen molar-refractivity contribution >= 4 is 29.3 Å². The van der Waals surface area contributed by atoms with E-state index in [1.165, 1.54) is 6.07 Å². The Kier molecular flexibility index (Phi) is 5.73. The number of imidazole rings is 1. The van der Waals surface area contributed by atoms with E-state index in [1.54, 1.807) is 36.8 Å². The second-order valence-corrected chi connectivity index (χ2v) is 6.16. The molecule has 0 unspecified atom stereocenters. The summed E-state index contributed by atoms with van der Waals surface area (Å²) in [5.74, 6) is -0.755. The summed E-state index contributed by atoms with van der Waals surface area (Å²) in [6, 6.07) is 13.8. The van der Waals surface area contributed by atoms with Crippen molar-refractivity contribution in [2.45, 2.75) is 6.54 Å². The van der Waals surface area contributed by atoms with Crippen LogP contribution in [0.3, 0.4) is 0 Å². The highest BCUT2D eigenvalue weighted by Crippen LogP contribution is 2.16. The van der Waals surface area contributed by atoms with Crippen LogP contribution in [0.1, 0.15) is 15.9 Å². The van der Waals surface area contributed by atoms with Gasteiger partial charge in [-0.3, -0.25) is 4.79 Å². The summed E-state index contributed by atoms with van der Waals surface area (Å²) in [7, 11) is 0. The lowest BCUT2D eigenvalue weighted by Gasteiger charge is -2.06. The normalized spacial score (nSPS) is 10.4. The molecule has 0 atom stereocenters. The first-order valence-electron chi connectivity index (χ1n) is 8.02. The smallest absolute Gasteiger partial charge is 0.341 e. The van der Waals surface area contributed by atoms with E-state index < -0.39 is 12.6 Å². The number of nitrogens with one attached hydrogen (secondary N) is 1. The molecule has 1 amide bonds. The van der Waals surface area contributed by atoms with Crippen LogP contribution in [0.25, 0.3) is 0 Å². The minimum Gasteiger partial charge on any atom is -0.482 e. The van der Waals surface area contributed by atoms with Gasteiger partial charge in [0.05, 0.1) is 6.33 Å². The number of anilines is 1. The monoisotopic (exact) mass is 385 g/mol. The molecule has 0 aliphatic rings. The number of halogens is 1. The molecule has 0 bridgehead atoms. The molecule has 0 radical (unpaired) electrons. The molecular formula is C19H16ClN3O4. The predicted octanol–water partition coefficient (Wildman–Crippen LogP) is 3.30. The Morgan fingerprint density at radius 1 is 1.19 bits per heavy atom. The Morgan fingerprint density at radius 3 is 2.78 bits per heavy atom. The summed E-state index contributed by atoms with van der Waals surface area (Å²) in [6.45, 7) is 0.0981. The largest absolute Gasteiger partial charge is 0.482 e. The summed E-state index contributed by atoms with van der Waals surface area (Å²) in [5.41, 5.74) is 1.35. The van der Waals surface area contributed by atoms with Gasteiger partial charge in [0.2, 0.25) is 0 Å². The number of aliphatic carboxylic acids is 1. The van der Waals surface area contributed by atoms with Crippen molar-refractivity contribution in [1.29, 1.82) is 0 Å². The van der Waals surface area contributed by atoms with E-state index in [-0.39, 0.29) is 5.91 Å². The molecule has 2 aromatic carbocycles. The van der Waals surface area contributed by atoms with Gasteiger partial charge in [-0.25, -0.2) is 9.78 Å². The van der Waals surface area contributed by atoms with Crippen molar-refractivity contribution in [3.8, 4) is 5.75 Å². The molecule has 2 N–H and O–H groups in total. The van der Waals surface area contributed by atoms with Gasteiger partial charge in [0.15, 0.2) is 12.4 Å². The van der Waals surface area contributed by atoms with Gasteiger partial charge in [-0.1, -0.05) is 29.8 Å². The van der Waals surface area contributed by atoms with Gasteiger partial charge >= 0.3 is 5.97 Å². The number of ether oxygens (including phenoxy) is 1. The highest BCUT2D eigenvalue weighted by atomic mass is 35.5. The Hall–Kier alpha value is -3.32. The quantitative estimate of drug-likeness (QED) is 0.650. The van der Waals surface area contributed by atoms with Crippen LogP contribution in [0.5, 0.6) is 5.75 Å². The van der Waals surface area contributed by atoms with Gasteiger partial charge in [0.1, 0.15) is 5.75 Å². The van der Waals surface area contributed by atoms with E-state index >= 15 is 0 Å². The minimum atomic E-state index is -1.09. The molecule has 0 fully saturated rings. The Morgan fingerprint density at radius 2 is 2.00 bits per heavy atom. The Balaban J connectivity index is 1.64. The van der Waals surface area contributed by atoms with Gasteiger partial charge in [-0.2, -0.15) is 0 Å². The standard InChI is InChI=1S/C19H16ClN3O4/c20-15-5-1-3-13(7-15)9-23-10-17(21-12-23)22-19(26)14-4-2-6-16(8-14)27-11-18(24)25/h1-8,10,12H,9,11H2,(H,22,26)(H,24,25). The summed E-state index contributed by atoms with van der Waals surface area (Å²) in [4.78, 5) is 27.1. The molecule has 0 saturated carbocycles. The maximum Gasteiger partial charge on any atom is 0.341 e. The second kappa shape index (κ2) is 8.37. The zero-order chi connectivity index (χ0) is 19.2. The van der Waals surface area contributed by atoms with Crippen molar-refractivity contribution in [2.75, 3.05) is 11.9 Å². The van der Waals surface area contributed by atoms with E-state index in [0.29, 0.717) is 28.7 Å². The van der Waals surface area contributed by atoms with Gasteiger partial charge in [-0.15, -0.1) is 0 Å². The first kappa shape index (κ1) is 18.5. The summed E-state index contributed by atoms with van der Waals surface area (Å²) in [5, 5.41) is 12.0. The third kappa shape index (κ3) is 5.32. The fourth-order valence-corrected chi connectivity index (χ4v) is 2.63. The molecule has 0 aliphatic heterocycles. The number of hydrogen-bond donors (Lipinski definition) is 2. The molecular weight excluding hydrogens is 370 g/mol. The first-order valence-corrected chi connectivity index (χ1v) is 8.39. The molecule has 0 aliphatic carbocycles. The van der Waals surface area contributed by atoms with E-state index in [9.17, 15) is 9.59 Å². The molecule has 3 aromatic rings. The molecule has 27 heavy (non-hydrogen) atoms. The van der Waals surface area contributed by atoms with E-state index in [4.69, 9.17) is 21.4 Å². The summed E-state index contributed by atoms with van der Waals surface area (Å²) in [6.07, 6.45) is 3.33. The first-order chi connectivity index (χ1) is 13.0. The van der Waals surface area contributed by atoms with E-state index in [2.05, 4.69) is 10.3 Å². The van der Waals surface area contributed by atoms with Crippen LogP contribution in [0.15, 0.2) is 61.1 Å². The second-order valence-electron chi connectivity index (χ2n) is 5.73. The molecule has 1 heterocycles. The van der Waals surface area contributed by atoms with Gasteiger partial charge in [0, 0.05) is 23.3 Å². The number of amides is 1. The fourth-order valence-electron chi connectivity index (χ4n) is 2.42. The van der Waals surface area contributed by atoms with Crippen molar-refractivity contribution in [2.24, 2.45) is 0 Å². The number of rotatable bonds is 7. The molecule has 138 valence electrons. The molecule has 7 nitrogen and oxygen atoms in total. The number of carboxylic acids is 1. The molecule has 0 spiro atoms. The zero-order valence-corrected chi connectivity index (χ0v) is 14.9. The summed E-state index contributed by atoms with van der Waals surface area (Å²) < 4.78 is 6.91. The SMILES string of the molecule is O=C(O)COc1cccc(C(=O)Nc2cn(Cc3cccc(Cl)c3)cn2)c1. The maximum absolute atomic E-state index is 12.4. The van der Waals surface area contributed by atoms with Crippen LogP contribution in [0.4, 0.5) is 5.82 Å². The van der Waals surface area contributed by atoms with Crippen LogP contribution < -0.4 is 10.1 Å². The maximum atomic E-state index is 12.4. The zero-order valence-electron chi connectivity index (χ0n) is 14.1. The van der Waals surface area contributed by atoms with Crippen molar-refractivity contribution in [3.05, 3.63) is 77.2 Å². The Bertz CT molecular complexity index is 971. The molecule has 0 saturated heterocycles.